The Morgan fingerprint density at radius 1 is 1.09 bits per heavy atom. The number of aromatic nitrogens is 3. The van der Waals surface area contributed by atoms with Crippen molar-refractivity contribution < 1.29 is 17.9 Å². The Balaban J connectivity index is 1.46. The molecular weight excluding hydrogens is 487 g/mol. The van der Waals surface area contributed by atoms with E-state index in [0.717, 1.165) is 33.5 Å². The lowest BCUT2D eigenvalue weighted by Gasteiger charge is -2.21. The molecular formula is C23H17ClF3N5OS. The third-order valence-corrected chi connectivity index (χ3v) is 6.63. The highest BCUT2D eigenvalue weighted by molar-refractivity contribution is 7.22. The van der Waals surface area contributed by atoms with Crippen LogP contribution < -0.4 is 15.4 Å². The van der Waals surface area contributed by atoms with Gasteiger partial charge in [-0.1, -0.05) is 22.9 Å². The predicted molar refractivity (Wildman–Crippen MR) is 129 cm³/mol. The van der Waals surface area contributed by atoms with Crippen LogP contribution in [0.15, 0.2) is 42.5 Å². The summed E-state index contributed by atoms with van der Waals surface area (Å²) in [6, 6.07) is 10.2. The van der Waals surface area contributed by atoms with E-state index in [1.165, 1.54) is 23.5 Å². The van der Waals surface area contributed by atoms with Gasteiger partial charge in [-0.15, -0.1) is 0 Å². The highest BCUT2D eigenvalue weighted by Gasteiger charge is 2.24. The maximum absolute atomic E-state index is 14.0. The van der Waals surface area contributed by atoms with E-state index in [-0.39, 0.29) is 27.7 Å². The van der Waals surface area contributed by atoms with E-state index < -0.39 is 12.4 Å². The zero-order valence-electron chi connectivity index (χ0n) is 17.9. The van der Waals surface area contributed by atoms with Crippen LogP contribution in [0.1, 0.15) is 11.1 Å². The summed E-state index contributed by atoms with van der Waals surface area (Å²) in [6.45, 7) is 0.917. The Labute approximate surface area is 200 Å². The largest absolute Gasteiger partial charge is 0.457 e. The average Bonchev–Trinajstić information content (AvgIpc) is 3.37. The Morgan fingerprint density at radius 2 is 1.82 bits per heavy atom. The molecule has 11 heteroatoms. The average molecular weight is 504 g/mol. The van der Waals surface area contributed by atoms with Gasteiger partial charge in [0.25, 0.3) is 0 Å². The van der Waals surface area contributed by atoms with Gasteiger partial charge in [0.1, 0.15) is 22.8 Å². The van der Waals surface area contributed by atoms with Gasteiger partial charge in [0.05, 0.1) is 20.8 Å². The quantitative estimate of drug-likeness (QED) is 0.246. The standard InChI is InChI=1S/C23H17ClF3N5OS/c1-10-7-17(11(2)20-18(10)30-22(28)34-20)33-14-5-3-13(4-6-14)32(21(26)27)23-29-16-9-12(25)8-15(24)19(16)31-23/h3-9,21H,1-2H3,(H2,28,30)(H,29,31). The molecule has 0 radical (unpaired) electrons. The molecule has 0 saturated carbocycles. The van der Waals surface area contributed by atoms with Gasteiger partial charge in [0.2, 0.25) is 5.95 Å². The number of alkyl halides is 2. The third kappa shape index (κ3) is 3.88. The van der Waals surface area contributed by atoms with Crippen molar-refractivity contribution in [1.29, 1.82) is 0 Å². The first-order valence-corrected chi connectivity index (χ1v) is 11.3. The molecule has 2 heterocycles. The summed E-state index contributed by atoms with van der Waals surface area (Å²) in [5.74, 6) is 0.335. The van der Waals surface area contributed by atoms with Crippen molar-refractivity contribution in [2.75, 3.05) is 10.6 Å². The summed E-state index contributed by atoms with van der Waals surface area (Å²) in [7, 11) is 0. The fourth-order valence-electron chi connectivity index (χ4n) is 3.72. The summed E-state index contributed by atoms with van der Waals surface area (Å²) in [6.07, 6.45) is 0. The van der Waals surface area contributed by atoms with Gasteiger partial charge in [-0.05, 0) is 61.9 Å². The Kier molecular flexibility index (Phi) is 5.49. The van der Waals surface area contributed by atoms with E-state index in [4.69, 9.17) is 22.1 Å². The molecule has 0 spiro atoms. The molecule has 0 amide bonds. The molecule has 5 aromatic rings. The van der Waals surface area contributed by atoms with Crippen LogP contribution in [0.5, 0.6) is 11.5 Å². The molecule has 174 valence electrons. The molecule has 0 aliphatic heterocycles. The number of fused-ring (bicyclic) bond motifs is 2. The van der Waals surface area contributed by atoms with E-state index in [9.17, 15) is 13.2 Å². The number of H-pyrrole nitrogens is 1. The van der Waals surface area contributed by atoms with Crippen molar-refractivity contribution in [3.8, 4) is 11.5 Å². The Hall–Kier alpha value is -3.50. The molecule has 34 heavy (non-hydrogen) atoms. The highest BCUT2D eigenvalue weighted by atomic mass is 35.5. The van der Waals surface area contributed by atoms with Gasteiger partial charge >= 0.3 is 6.55 Å². The fourth-order valence-corrected chi connectivity index (χ4v) is 4.87. The number of hydrogen-bond acceptors (Lipinski definition) is 6. The second-order valence-corrected chi connectivity index (χ2v) is 9.07. The monoisotopic (exact) mass is 503 g/mol. The van der Waals surface area contributed by atoms with E-state index in [2.05, 4.69) is 15.0 Å². The van der Waals surface area contributed by atoms with Gasteiger partial charge in [-0.2, -0.15) is 8.78 Å². The number of nitrogens with two attached hydrogens (primary N) is 1. The van der Waals surface area contributed by atoms with Crippen LogP contribution in [0.4, 0.5) is 29.9 Å². The van der Waals surface area contributed by atoms with Gasteiger partial charge in [-0.25, -0.2) is 14.4 Å². The number of imidazole rings is 1. The lowest BCUT2D eigenvalue weighted by molar-refractivity contribution is 0.154. The first-order chi connectivity index (χ1) is 16.2. The number of halogens is 4. The van der Waals surface area contributed by atoms with Crippen molar-refractivity contribution in [3.63, 3.8) is 0 Å². The van der Waals surface area contributed by atoms with Crippen LogP contribution >= 0.6 is 22.9 Å². The SMILES string of the molecule is Cc1cc(Oc2ccc(N(c3nc4c(Cl)cc(F)cc4[nH]3)C(F)F)cc2)c(C)c2sc(N)nc12. The smallest absolute Gasteiger partial charge is 0.321 e. The zero-order chi connectivity index (χ0) is 24.1. The summed E-state index contributed by atoms with van der Waals surface area (Å²) in [5.41, 5.74) is 9.08. The van der Waals surface area contributed by atoms with Crippen LogP contribution in [0, 0.1) is 19.7 Å². The van der Waals surface area contributed by atoms with Crippen molar-refractivity contribution in [2.24, 2.45) is 0 Å². The number of rotatable bonds is 5. The van der Waals surface area contributed by atoms with Crippen molar-refractivity contribution in [3.05, 3.63) is 64.4 Å². The summed E-state index contributed by atoms with van der Waals surface area (Å²) in [4.78, 5) is 11.9. The second kappa shape index (κ2) is 8.37. The van der Waals surface area contributed by atoms with Crippen LogP contribution in [0.3, 0.4) is 0 Å². The number of nitrogens with zero attached hydrogens (tertiary/aromatic N) is 3. The molecule has 0 saturated heterocycles. The Bertz CT molecular complexity index is 1530. The number of aryl methyl sites for hydroxylation is 2. The van der Waals surface area contributed by atoms with Gasteiger partial charge in [0.15, 0.2) is 5.13 Å². The summed E-state index contributed by atoms with van der Waals surface area (Å²) >= 11 is 7.39. The number of hydrogen-bond donors (Lipinski definition) is 2. The van der Waals surface area contributed by atoms with Crippen LogP contribution in [0.25, 0.3) is 21.3 Å². The van der Waals surface area contributed by atoms with Gasteiger partial charge in [-0.3, -0.25) is 4.90 Å². The van der Waals surface area contributed by atoms with Crippen molar-refractivity contribution in [2.45, 2.75) is 20.4 Å². The van der Waals surface area contributed by atoms with E-state index in [1.54, 1.807) is 12.1 Å². The molecule has 0 atom stereocenters. The van der Waals surface area contributed by atoms with Crippen LogP contribution in [-0.4, -0.2) is 21.5 Å². The Morgan fingerprint density at radius 3 is 2.53 bits per heavy atom. The molecule has 3 aromatic carbocycles. The minimum absolute atomic E-state index is 0.0285. The van der Waals surface area contributed by atoms with Gasteiger partial charge in [0, 0.05) is 11.3 Å². The predicted octanol–water partition coefficient (Wildman–Crippen LogP) is 7.32. The van der Waals surface area contributed by atoms with E-state index in [0.29, 0.717) is 21.5 Å². The molecule has 0 fully saturated rings. The van der Waals surface area contributed by atoms with Crippen LogP contribution in [-0.2, 0) is 0 Å². The molecule has 0 bridgehead atoms. The number of ether oxygens (including phenoxy) is 1. The number of nitrogen functional groups attached to an aromatic ring is 1. The zero-order valence-corrected chi connectivity index (χ0v) is 19.4. The number of aromatic amines is 1. The maximum atomic E-state index is 14.0. The summed E-state index contributed by atoms with van der Waals surface area (Å²) < 4.78 is 48.6. The van der Waals surface area contributed by atoms with Crippen molar-refractivity contribution in [1.82, 2.24) is 15.0 Å². The molecule has 0 aliphatic carbocycles. The second-order valence-electron chi connectivity index (χ2n) is 7.63. The van der Waals surface area contributed by atoms with E-state index >= 15 is 0 Å². The first-order valence-electron chi connectivity index (χ1n) is 10.1. The third-order valence-electron chi connectivity index (χ3n) is 5.33. The normalized spacial score (nSPS) is 11.6. The van der Waals surface area contributed by atoms with Crippen molar-refractivity contribution >= 4 is 61.0 Å². The maximum Gasteiger partial charge on any atom is 0.321 e. The highest BCUT2D eigenvalue weighted by Crippen LogP contribution is 2.38. The molecule has 0 unspecified atom stereocenters. The van der Waals surface area contributed by atoms with E-state index in [1.807, 2.05) is 19.9 Å². The molecule has 3 N–H and O–H groups in total. The first kappa shape index (κ1) is 22.3. The number of anilines is 3. The summed E-state index contributed by atoms with van der Waals surface area (Å²) in [5, 5.41) is 0.505. The molecule has 5 rings (SSSR count). The number of thiazole rings is 1. The van der Waals surface area contributed by atoms with Crippen LogP contribution in [0.2, 0.25) is 5.02 Å². The lowest BCUT2D eigenvalue weighted by atomic mass is 10.1. The lowest BCUT2D eigenvalue weighted by Crippen LogP contribution is -2.24. The fraction of sp³-hybridized carbons (Fsp3) is 0.130. The minimum atomic E-state index is -2.92. The topological polar surface area (TPSA) is 80.1 Å². The number of benzene rings is 3. The minimum Gasteiger partial charge on any atom is -0.457 e. The molecule has 0 aliphatic rings. The molecule has 6 nitrogen and oxygen atoms in total. The molecule has 2 aromatic heterocycles. The number of nitrogens with one attached hydrogen (secondary N) is 1. The van der Waals surface area contributed by atoms with Gasteiger partial charge < -0.3 is 15.5 Å².